The highest BCUT2D eigenvalue weighted by molar-refractivity contribution is 5.76. The van der Waals surface area contributed by atoms with E-state index in [1.54, 1.807) is 12.3 Å². The average Bonchev–Trinajstić information content (AvgIpc) is 2.91. The number of nitrogens with one attached hydrogen (secondary N) is 1. The van der Waals surface area contributed by atoms with Crippen LogP contribution >= 0.6 is 0 Å². The molecule has 20 heavy (non-hydrogen) atoms. The van der Waals surface area contributed by atoms with Gasteiger partial charge in [0.15, 0.2) is 11.6 Å². The highest BCUT2D eigenvalue weighted by Gasteiger charge is 2.12. The number of amides is 1. The standard InChI is InChI=1S/C14H17FN4O/c1-3-12(18-14(20)4-2)10-5-6-13(16-7-10)19-9-11(15)8-17-19/h5-9,12H,3-4H2,1-2H3,(H,18,20)/t12-/m0/s1. The predicted molar refractivity (Wildman–Crippen MR) is 72.8 cm³/mol. The zero-order valence-electron chi connectivity index (χ0n) is 11.5. The number of hydrogen-bond donors (Lipinski definition) is 1. The minimum Gasteiger partial charge on any atom is -0.349 e. The van der Waals surface area contributed by atoms with Crippen molar-refractivity contribution in [3.05, 3.63) is 42.1 Å². The predicted octanol–water partition coefficient (Wildman–Crippen LogP) is 2.38. The molecule has 2 aromatic rings. The fraction of sp³-hybridized carbons (Fsp3) is 0.357. The summed E-state index contributed by atoms with van der Waals surface area (Å²) in [4.78, 5) is 15.7. The zero-order chi connectivity index (χ0) is 14.5. The van der Waals surface area contributed by atoms with Crippen LogP contribution in [0.2, 0.25) is 0 Å². The zero-order valence-corrected chi connectivity index (χ0v) is 11.5. The summed E-state index contributed by atoms with van der Waals surface area (Å²) in [5.41, 5.74) is 0.922. The Morgan fingerprint density at radius 1 is 1.40 bits per heavy atom. The van der Waals surface area contributed by atoms with Crippen LogP contribution in [0.15, 0.2) is 30.7 Å². The van der Waals surface area contributed by atoms with E-state index in [9.17, 15) is 9.18 Å². The quantitative estimate of drug-likeness (QED) is 0.912. The van der Waals surface area contributed by atoms with Crippen LogP contribution < -0.4 is 5.32 Å². The lowest BCUT2D eigenvalue weighted by molar-refractivity contribution is -0.121. The fourth-order valence-electron chi connectivity index (χ4n) is 1.88. The highest BCUT2D eigenvalue weighted by Crippen LogP contribution is 2.17. The summed E-state index contributed by atoms with van der Waals surface area (Å²) in [6.45, 7) is 3.81. The summed E-state index contributed by atoms with van der Waals surface area (Å²) in [6.07, 6.45) is 5.31. The summed E-state index contributed by atoms with van der Waals surface area (Å²) in [6, 6.07) is 3.56. The molecule has 0 aliphatic rings. The summed E-state index contributed by atoms with van der Waals surface area (Å²) >= 11 is 0. The Bertz CT molecular complexity index is 579. The first-order valence-electron chi connectivity index (χ1n) is 6.59. The van der Waals surface area contributed by atoms with Gasteiger partial charge in [0.05, 0.1) is 18.4 Å². The third-order valence-electron chi connectivity index (χ3n) is 3.02. The molecule has 0 unspecified atom stereocenters. The Kier molecular flexibility index (Phi) is 4.45. The molecule has 0 spiro atoms. The number of carbonyl (C=O) groups is 1. The second-order valence-corrected chi connectivity index (χ2v) is 4.43. The van der Waals surface area contributed by atoms with Crippen molar-refractivity contribution in [1.29, 1.82) is 0 Å². The van der Waals surface area contributed by atoms with E-state index in [4.69, 9.17) is 0 Å². The molecule has 1 atom stereocenters. The molecule has 2 rings (SSSR count). The molecule has 106 valence electrons. The van der Waals surface area contributed by atoms with E-state index in [-0.39, 0.29) is 11.9 Å². The van der Waals surface area contributed by atoms with E-state index in [1.807, 2.05) is 19.9 Å². The monoisotopic (exact) mass is 276 g/mol. The molecule has 0 radical (unpaired) electrons. The summed E-state index contributed by atoms with van der Waals surface area (Å²) in [5, 5.41) is 6.79. The second kappa shape index (κ2) is 6.27. The van der Waals surface area contributed by atoms with Crippen molar-refractivity contribution < 1.29 is 9.18 Å². The van der Waals surface area contributed by atoms with E-state index in [2.05, 4.69) is 15.4 Å². The van der Waals surface area contributed by atoms with Crippen LogP contribution in [0.3, 0.4) is 0 Å². The normalized spacial score (nSPS) is 12.2. The topological polar surface area (TPSA) is 59.8 Å². The van der Waals surface area contributed by atoms with Crippen molar-refractivity contribution >= 4 is 5.91 Å². The number of nitrogens with zero attached hydrogens (tertiary/aromatic N) is 3. The molecular weight excluding hydrogens is 259 g/mol. The van der Waals surface area contributed by atoms with Gasteiger partial charge in [0.25, 0.3) is 0 Å². The van der Waals surface area contributed by atoms with E-state index in [1.165, 1.54) is 10.9 Å². The molecule has 1 amide bonds. The van der Waals surface area contributed by atoms with E-state index < -0.39 is 5.82 Å². The molecule has 2 heterocycles. The summed E-state index contributed by atoms with van der Waals surface area (Å²) in [5.74, 6) is 0.141. The van der Waals surface area contributed by atoms with Gasteiger partial charge in [-0.05, 0) is 18.1 Å². The first-order chi connectivity index (χ1) is 9.63. The van der Waals surface area contributed by atoms with Gasteiger partial charge >= 0.3 is 0 Å². The van der Waals surface area contributed by atoms with Gasteiger partial charge in [-0.15, -0.1) is 0 Å². The lowest BCUT2D eigenvalue weighted by atomic mass is 10.1. The third-order valence-corrected chi connectivity index (χ3v) is 3.02. The minimum atomic E-state index is -0.405. The van der Waals surface area contributed by atoms with Crippen molar-refractivity contribution in [2.75, 3.05) is 0 Å². The van der Waals surface area contributed by atoms with Crippen molar-refractivity contribution in [3.63, 3.8) is 0 Å². The molecule has 0 aliphatic carbocycles. The van der Waals surface area contributed by atoms with Gasteiger partial charge < -0.3 is 5.32 Å². The molecule has 0 saturated carbocycles. The van der Waals surface area contributed by atoms with Crippen molar-refractivity contribution in [2.45, 2.75) is 32.7 Å². The molecule has 0 bridgehead atoms. The van der Waals surface area contributed by atoms with Gasteiger partial charge in [0, 0.05) is 12.6 Å². The van der Waals surface area contributed by atoms with E-state index in [0.29, 0.717) is 12.2 Å². The van der Waals surface area contributed by atoms with Gasteiger partial charge in [0.2, 0.25) is 5.91 Å². The van der Waals surface area contributed by atoms with Crippen LogP contribution in [0.25, 0.3) is 5.82 Å². The first-order valence-corrected chi connectivity index (χ1v) is 6.59. The number of carbonyl (C=O) groups excluding carboxylic acids is 1. The van der Waals surface area contributed by atoms with Crippen LogP contribution in [0.1, 0.15) is 38.3 Å². The maximum absolute atomic E-state index is 12.9. The largest absolute Gasteiger partial charge is 0.349 e. The third kappa shape index (κ3) is 3.20. The maximum atomic E-state index is 12.9. The van der Waals surface area contributed by atoms with Crippen LogP contribution in [0.5, 0.6) is 0 Å². The average molecular weight is 276 g/mol. The van der Waals surface area contributed by atoms with Crippen LogP contribution in [-0.4, -0.2) is 20.7 Å². The minimum absolute atomic E-state index is 0.00933. The summed E-state index contributed by atoms with van der Waals surface area (Å²) in [7, 11) is 0. The Labute approximate surface area is 116 Å². The maximum Gasteiger partial charge on any atom is 0.220 e. The molecule has 5 nitrogen and oxygen atoms in total. The van der Waals surface area contributed by atoms with Gasteiger partial charge in [-0.2, -0.15) is 5.10 Å². The van der Waals surface area contributed by atoms with Crippen LogP contribution in [0, 0.1) is 5.82 Å². The molecule has 6 heteroatoms. The summed E-state index contributed by atoms with van der Waals surface area (Å²) < 4.78 is 14.3. The Balaban J connectivity index is 2.16. The molecule has 0 aliphatic heterocycles. The SMILES string of the molecule is CCC(=O)N[C@@H](CC)c1ccc(-n2cc(F)cn2)nc1. The molecule has 0 aromatic carbocycles. The van der Waals surface area contributed by atoms with Crippen molar-refractivity contribution in [1.82, 2.24) is 20.1 Å². The Morgan fingerprint density at radius 2 is 2.20 bits per heavy atom. The van der Waals surface area contributed by atoms with E-state index >= 15 is 0 Å². The van der Waals surface area contributed by atoms with Gasteiger partial charge in [-0.3, -0.25) is 4.79 Å². The molecule has 0 saturated heterocycles. The van der Waals surface area contributed by atoms with Gasteiger partial charge in [0.1, 0.15) is 0 Å². The number of rotatable bonds is 5. The van der Waals surface area contributed by atoms with Gasteiger partial charge in [-0.25, -0.2) is 14.1 Å². The van der Waals surface area contributed by atoms with Crippen LogP contribution in [0.4, 0.5) is 4.39 Å². The highest BCUT2D eigenvalue weighted by atomic mass is 19.1. The smallest absolute Gasteiger partial charge is 0.220 e. The van der Waals surface area contributed by atoms with Crippen molar-refractivity contribution in [3.8, 4) is 5.82 Å². The second-order valence-electron chi connectivity index (χ2n) is 4.43. The molecular formula is C14H17FN4O. The number of hydrogen-bond acceptors (Lipinski definition) is 3. The first kappa shape index (κ1) is 14.2. The van der Waals surface area contributed by atoms with E-state index in [0.717, 1.165) is 18.2 Å². The van der Waals surface area contributed by atoms with Crippen molar-refractivity contribution in [2.24, 2.45) is 0 Å². The molecule has 2 aromatic heterocycles. The van der Waals surface area contributed by atoms with Crippen LogP contribution in [-0.2, 0) is 4.79 Å². The number of pyridine rings is 1. The lowest BCUT2D eigenvalue weighted by Crippen LogP contribution is -2.27. The Morgan fingerprint density at radius 3 is 2.70 bits per heavy atom. The fourth-order valence-corrected chi connectivity index (χ4v) is 1.88. The molecule has 0 fully saturated rings. The number of aromatic nitrogens is 3. The number of halogens is 1. The van der Waals surface area contributed by atoms with Gasteiger partial charge in [-0.1, -0.05) is 19.9 Å². The Hall–Kier alpha value is -2.24. The lowest BCUT2D eigenvalue weighted by Gasteiger charge is -2.16. The molecule has 1 N–H and O–H groups in total.